The van der Waals surface area contributed by atoms with Gasteiger partial charge in [-0.05, 0) is 30.4 Å². The molecular formula is C10H13FN2. The van der Waals surface area contributed by atoms with Crippen LogP contribution in [0, 0.1) is 11.7 Å². The number of anilines is 1. The van der Waals surface area contributed by atoms with E-state index in [0.29, 0.717) is 5.92 Å². The summed E-state index contributed by atoms with van der Waals surface area (Å²) in [7, 11) is 0. The molecule has 70 valence electrons. The smallest absolute Gasteiger partial charge is 0.146 e. The van der Waals surface area contributed by atoms with E-state index in [4.69, 9.17) is 11.5 Å². The van der Waals surface area contributed by atoms with Crippen LogP contribution < -0.4 is 11.5 Å². The van der Waals surface area contributed by atoms with Crippen molar-refractivity contribution in [1.82, 2.24) is 0 Å². The van der Waals surface area contributed by atoms with Crippen molar-refractivity contribution < 1.29 is 4.39 Å². The first kappa shape index (κ1) is 8.51. The second-order valence-corrected chi connectivity index (χ2v) is 3.61. The van der Waals surface area contributed by atoms with Gasteiger partial charge < -0.3 is 11.5 Å². The van der Waals surface area contributed by atoms with Gasteiger partial charge in [0.05, 0.1) is 5.69 Å². The SMILES string of the molecule is Nc1c(F)cccc1[C@@H](N)C1CC1. The van der Waals surface area contributed by atoms with Crippen molar-refractivity contribution in [1.29, 1.82) is 0 Å². The lowest BCUT2D eigenvalue weighted by molar-refractivity contribution is 0.607. The van der Waals surface area contributed by atoms with Crippen molar-refractivity contribution >= 4 is 5.69 Å². The van der Waals surface area contributed by atoms with Gasteiger partial charge in [-0.3, -0.25) is 0 Å². The molecule has 0 amide bonds. The minimum atomic E-state index is -0.367. The first-order valence-electron chi connectivity index (χ1n) is 4.49. The zero-order valence-electron chi connectivity index (χ0n) is 7.33. The average Bonchev–Trinajstić information content (AvgIpc) is 2.91. The van der Waals surface area contributed by atoms with Crippen LogP contribution in [0.3, 0.4) is 0 Å². The van der Waals surface area contributed by atoms with E-state index in [2.05, 4.69) is 0 Å². The van der Waals surface area contributed by atoms with Crippen LogP contribution in [-0.4, -0.2) is 0 Å². The van der Waals surface area contributed by atoms with Gasteiger partial charge in [-0.2, -0.15) is 0 Å². The molecule has 0 aromatic heterocycles. The van der Waals surface area contributed by atoms with Crippen LogP contribution in [0.5, 0.6) is 0 Å². The molecule has 0 heterocycles. The second kappa shape index (κ2) is 3.00. The van der Waals surface area contributed by atoms with Crippen LogP contribution in [0.4, 0.5) is 10.1 Å². The Morgan fingerprint density at radius 1 is 1.38 bits per heavy atom. The highest BCUT2D eigenvalue weighted by Crippen LogP contribution is 2.41. The zero-order valence-corrected chi connectivity index (χ0v) is 7.33. The van der Waals surface area contributed by atoms with Gasteiger partial charge in [0, 0.05) is 6.04 Å². The van der Waals surface area contributed by atoms with Crippen molar-refractivity contribution in [2.45, 2.75) is 18.9 Å². The van der Waals surface area contributed by atoms with E-state index >= 15 is 0 Å². The molecule has 4 N–H and O–H groups in total. The molecule has 1 aliphatic rings. The molecule has 13 heavy (non-hydrogen) atoms. The molecule has 0 unspecified atom stereocenters. The minimum Gasteiger partial charge on any atom is -0.396 e. The molecule has 2 nitrogen and oxygen atoms in total. The third-order valence-electron chi connectivity index (χ3n) is 2.58. The molecule has 0 spiro atoms. The molecule has 2 rings (SSSR count). The lowest BCUT2D eigenvalue weighted by Gasteiger charge is -2.13. The van der Waals surface area contributed by atoms with Crippen molar-refractivity contribution in [3.63, 3.8) is 0 Å². The summed E-state index contributed by atoms with van der Waals surface area (Å²) in [6.45, 7) is 0. The first-order valence-corrected chi connectivity index (χ1v) is 4.49. The Bertz CT molecular complexity index is 321. The third-order valence-corrected chi connectivity index (χ3v) is 2.58. The van der Waals surface area contributed by atoms with Crippen LogP contribution in [0.15, 0.2) is 18.2 Å². The third kappa shape index (κ3) is 1.52. The van der Waals surface area contributed by atoms with Gasteiger partial charge in [0.25, 0.3) is 0 Å². The minimum absolute atomic E-state index is 0.0873. The Balaban J connectivity index is 2.32. The lowest BCUT2D eigenvalue weighted by atomic mass is 10.0. The van der Waals surface area contributed by atoms with Crippen molar-refractivity contribution in [2.75, 3.05) is 5.73 Å². The molecule has 0 bridgehead atoms. The van der Waals surface area contributed by atoms with E-state index in [1.807, 2.05) is 0 Å². The molecule has 1 atom stereocenters. The number of rotatable bonds is 2. The summed E-state index contributed by atoms with van der Waals surface area (Å²) in [4.78, 5) is 0. The predicted molar refractivity (Wildman–Crippen MR) is 50.5 cm³/mol. The Hall–Kier alpha value is -1.09. The Labute approximate surface area is 76.7 Å². The van der Waals surface area contributed by atoms with E-state index in [0.717, 1.165) is 18.4 Å². The molecule has 1 saturated carbocycles. The summed E-state index contributed by atoms with van der Waals surface area (Å²) in [5, 5.41) is 0. The normalized spacial score (nSPS) is 18.6. The van der Waals surface area contributed by atoms with E-state index in [9.17, 15) is 4.39 Å². The zero-order chi connectivity index (χ0) is 9.42. The molecule has 0 radical (unpaired) electrons. The predicted octanol–water partition coefficient (Wildman–Crippen LogP) is 1.82. The van der Waals surface area contributed by atoms with Crippen LogP contribution in [0.2, 0.25) is 0 Å². The fourth-order valence-electron chi connectivity index (χ4n) is 1.55. The number of halogens is 1. The molecule has 1 fully saturated rings. The number of nitrogen functional groups attached to an aromatic ring is 1. The van der Waals surface area contributed by atoms with Gasteiger partial charge in [0.15, 0.2) is 0 Å². The topological polar surface area (TPSA) is 52.0 Å². The van der Waals surface area contributed by atoms with Gasteiger partial charge in [-0.1, -0.05) is 12.1 Å². The maximum atomic E-state index is 13.0. The maximum absolute atomic E-state index is 13.0. The first-order chi connectivity index (χ1) is 6.20. The summed E-state index contributed by atoms with van der Waals surface area (Å²) in [5.41, 5.74) is 12.5. The number of benzene rings is 1. The van der Waals surface area contributed by atoms with Crippen molar-refractivity contribution in [2.24, 2.45) is 11.7 Å². The molecular weight excluding hydrogens is 167 g/mol. The summed E-state index contributed by atoms with van der Waals surface area (Å²) < 4.78 is 13.0. The molecule has 0 saturated heterocycles. The number of hydrogen-bond acceptors (Lipinski definition) is 2. The highest BCUT2D eigenvalue weighted by molar-refractivity contribution is 5.49. The number of hydrogen-bond donors (Lipinski definition) is 2. The summed E-state index contributed by atoms with van der Waals surface area (Å²) in [6, 6.07) is 4.74. The number of para-hydroxylation sites is 1. The van der Waals surface area contributed by atoms with Gasteiger partial charge in [-0.15, -0.1) is 0 Å². The number of nitrogens with two attached hydrogens (primary N) is 2. The van der Waals surface area contributed by atoms with Gasteiger partial charge in [0.1, 0.15) is 5.82 Å². The maximum Gasteiger partial charge on any atom is 0.146 e. The second-order valence-electron chi connectivity index (χ2n) is 3.61. The average molecular weight is 180 g/mol. The van der Waals surface area contributed by atoms with E-state index in [1.54, 1.807) is 12.1 Å². The molecule has 1 aromatic carbocycles. The van der Waals surface area contributed by atoms with Gasteiger partial charge in [0.2, 0.25) is 0 Å². The molecule has 0 aliphatic heterocycles. The highest BCUT2D eigenvalue weighted by Gasteiger charge is 2.30. The fraction of sp³-hybridized carbons (Fsp3) is 0.400. The standard InChI is InChI=1S/C10H13FN2/c11-8-3-1-2-7(10(8)13)9(12)6-4-5-6/h1-3,6,9H,4-5,12-13H2/t9-/m0/s1. The summed E-state index contributed by atoms with van der Waals surface area (Å²) >= 11 is 0. The quantitative estimate of drug-likeness (QED) is 0.682. The monoisotopic (exact) mass is 180 g/mol. The fourth-order valence-corrected chi connectivity index (χ4v) is 1.55. The lowest BCUT2D eigenvalue weighted by Crippen LogP contribution is -2.15. The van der Waals surface area contributed by atoms with Crippen molar-refractivity contribution in [3.05, 3.63) is 29.6 Å². The molecule has 3 heteroatoms. The Morgan fingerprint density at radius 3 is 2.69 bits per heavy atom. The van der Waals surface area contributed by atoms with Crippen LogP contribution >= 0.6 is 0 Å². The molecule has 1 aliphatic carbocycles. The molecule has 1 aromatic rings. The van der Waals surface area contributed by atoms with Crippen molar-refractivity contribution in [3.8, 4) is 0 Å². The Kier molecular flexibility index (Phi) is 1.96. The van der Waals surface area contributed by atoms with E-state index < -0.39 is 0 Å². The Morgan fingerprint density at radius 2 is 2.08 bits per heavy atom. The largest absolute Gasteiger partial charge is 0.396 e. The van der Waals surface area contributed by atoms with Crippen LogP contribution in [0.1, 0.15) is 24.4 Å². The van der Waals surface area contributed by atoms with Gasteiger partial charge in [-0.25, -0.2) is 4.39 Å². The van der Waals surface area contributed by atoms with E-state index in [1.165, 1.54) is 6.07 Å². The van der Waals surface area contributed by atoms with Gasteiger partial charge >= 0.3 is 0 Å². The van der Waals surface area contributed by atoms with Crippen LogP contribution in [0.25, 0.3) is 0 Å². The van der Waals surface area contributed by atoms with E-state index in [-0.39, 0.29) is 17.5 Å². The summed E-state index contributed by atoms with van der Waals surface area (Å²) in [6.07, 6.45) is 2.27. The summed E-state index contributed by atoms with van der Waals surface area (Å²) in [5.74, 6) is 0.137. The highest BCUT2D eigenvalue weighted by atomic mass is 19.1. The van der Waals surface area contributed by atoms with Crippen LogP contribution in [-0.2, 0) is 0 Å².